The minimum atomic E-state index is -1.13. The van der Waals surface area contributed by atoms with Crippen LogP contribution in [0.25, 0.3) is 0 Å². The summed E-state index contributed by atoms with van der Waals surface area (Å²) in [5, 5.41) is 11.8. The van der Waals surface area contributed by atoms with E-state index in [1.165, 1.54) is 0 Å². The maximum absolute atomic E-state index is 11.2. The lowest BCUT2D eigenvalue weighted by Gasteiger charge is -2.11. The summed E-state index contributed by atoms with van der Waals surface area (Å²) in [6.45, 7) is 0.372. The first-order valence-electron chi connectivity index (χ1n) is 5.46. The number of benzene rings is 1. The molecule has 1 aromatic rings. The molecular formula is C12H18N2O3. The Balaban J connectivity index is 2.43. The molecule has 0 saturated carbocycles. The van der Waals surface area contributed by atoms with Gasteiger partial charge in [-0.3, -0.25) is 4.79 Å². The highest BCUT2D eigenvalue weighted by atomic mass is 16.5. The number of hydrogen-bond donors (Lipinski definition) is 3. The molecule has 1 amide bonds. The molecule has 0 aromatic heterocycles. The fourth-order valence-corrected chi connectivity index (χ4v) is 1.45. The van der Waals surface area contributed by atoms with Gasteiger partial charge in [-0.1, -0.05) is 18.2 Å². The van der Waals surface area contributed by atoms with Crippen molar-refractivity contribution in [2.45, 2.75) is 12.5 Å². The Morgan fingerprint density at radius 3 is 2.88 bits per heavy atom. The van der Waals surface area contributed by atoms with Crippen molar-refractivity contribution >= 4 is 5.91 Å². The number of hydrogen-bond acceptors (Lipinski definition) is 4. The maximum atomic E-state index is 11.2. The van der Waals surface area contributed by atoms with Crippen molar-refractivity contribution in [3.8, 4) is 5.75 Å². The van der Waals surface area contributed by atoms with E-state index in [9.17, 15) is 4.79 Å². The first-order chi connectivity index (χ1) is 8.19. The first kappa shape index (κ1) is 13.5. The van der Waals surface area contributed by atoms with Gasteiger partial charge in [-0.25, -0.2) is 0 Å². The van der Waals surface area contributed by atoms with Gasteiger partial charge in [0.25, 0.3) is 0 Å². The number of rotatable bonds is 6. The van der Waals surface area contributed by atoms with E-state index < -0.39 is 12.0 Å². The van der Waals surface area contributed by atoms with Gasteiger partial charge in [0.15, 0.2) is 0 Å². The smallest absolute Gasteiger partial charge is 0.250 e. The molecule has 0 aliphatic carbocycles. The molecule has 4 N–H and O–H groups in total. The van der Waals surface area contributed by atoms with Crippen LogP contribution in [-0.2, 0) is 11.2 Å². The Bertz CT molecular complexity index is 369. The van der Waals surface area contributed by atoms with E-state index in [2.05, 4.69) is 5.32 Å². The molecule has 0 radical (unpaired) electrons. The van der Waals surface area contributed by atoms with Crippen molar-refractivity contribution in [3.05, 3.63) is 29.8 Å². The van der Waals surface area contributed by atoms with E-state index in [1.54, 1.807) is 7.11 Å². The molecule has 1 unspecified atom stereocenters. The molecule has 1 rings (SSSR count). The number of nitrogens with one attached hydrogen (secondary N) is 1. The highest BCUT2D eigenvalue weighted by Gasteiger charge is 2.11. The second-order valence-electron chi connectivity index (χ2n) is 3.60. The average molecular weight is 238 g/mol. The van der Waals surface area contributed by atoms with Crippen molar-refractivity contribution in [2.24, 2.45) is 5.73 Å². The Hall–Kier alpha value is -1.59. The van der Waals surface area contributed by atoms with E-state index in [1.807, 2.05) is 24.3 Å². The topological polar surface area (TPSA) is 84.6 Å². The first-order valence-corrected chi connectivity index (χ1v) is 5.46. The van der Waals surface area contributed by atoms with Gasteiger partial charge in [-0.15, -0.1) is 0 Å². The van der Waals surface area contributed by atoms with Gasteiger partial charge in [0.2, 0.25) is 5.91 Å². The second-order valence-corrected chi connectivity index (χ2v) is 3.60. The third-order valence-electron chi connectivity index (χ3n) is 2.41. The Morgan fingerprint density at radius 2 is 2.24 bits per heavy atom. The standard InChI is InChI=1S/C12H18N2O3/c1-17-11-5-3-2-4-9(11)6-7-14-12(16)10(15)8-13/h2-5,10,15H,6-8,13H2,1H3,(H,14,16). The number of para-hydroxylation sites is 1. The number of methoxy groups -OCH3 is 1. The van der Waals surface area contributed by atoms with Gasteiger partial charge >= 0.3 is 0 Å². The van der Waals surface area contributed by atoms with Crippen LogP contribution in [0.15, 0.2) is 24.3 Å². The number of nitrogens with two attached hydrogens (primary N) is 1. The van der Waals surface area contributed by atoms with Crippen LogP contribution >= 0.6 is 0 Å². The van der Waals surface area contributed by atoms with Crippen LogP contribution in [0.4, 0.5) is 0 Å². The zero-order valence-electron chi connectivity index (χ0n) is 9.85. The fraction of sp³-hybridized carbons (Fsp3) is 0.417. The molecule has 1 atom stereocenters. The second kappa shape index (κ2) is 6.88. The maximum Gasteiger partial charge on any atom is 0.250 e. The molecule has 0 aliphatic rings. The number of aliphatic hydroxyl groups excluding tert-OH is 1. The molecule has 94 valence electrons. The molecule has 0 spiro atoms. The van der Waals surface area contributed by atoms with E-state index in [4.69, 9.17) is 15.6 Å². The van der Waals surface area contributed by atoms with Gasteiger partial charge in [0, 0.05) is 13.1 Å². The molecular weight excluding hydrogens is 220 g/mol. The molecule has 1 aromatic carbocycles. The zero-order chi connectivity index (χ0) is 12.7. The van der Waals surface area contributed by atoms with Gasteiger partial charge < -0.3 is 20.9 Å². The van der Waals surface area contributed by atoms with Gasteiger partial charge in [0.1, 0.15) is 11.9 Å². The van der Waals surface area contributed by atoms with Crippen LogP contribution in [0, 0.1) is 0 Å². The predicted octanol–water partition coefficient (Wildman–Crippen LogP) is -0.326. The van der Waals surface area contributed by atoms with Crippen LogP contribution in [-0.4, -0.2) is 37.3 Å². The normalized spacial score (nSPS) is 11.9. The monoisotopic (exact) mass is 238 g/mol. The van der Waals surface area contributed by atoms with Crippen molar-refractivity contribution in [1.82, 2.24) is 5.32 Å². The summed E-state index contributed by atoms with van der Waals surface area (Å²) < 4.78 is 5.19. The minimum Gasteiger partial charge on any atom is -0.496 e. The molecule has 0 saturated heterocycles. The molecule has 0 heterocycles. The van der Waals surface area contributed by atoms with Gasteiger partial charge in [-0.05, 0) is 18.1 Å². The average Bonchev–Trinajstić information content (AvgIpc) is 2.38. The lowest BCUT2D eigenvalue weighted by Crippen LogP contribution is -2.39. The van der Waals surface area contributed by atoms with Crippen LogP contribution in [0.3, 0.4) is 0 Å². The molecule has 17 heavy (non-hydrogen) atoms. The quantitative estimate of drug-likeness (QED) is 0.634. The summed E-state index contributed by atoms with van der Waals surface area (Å²) in [5.74, 6) is 0.350. The number of aliphatic hydroxyl groups is 1. The van der Waals surface area contributed by atoms with Crippen LogP contribution in [0.2, 0.25) is 0 Å². The molecule has 5 nitrogen and oxygen atoms in total. The van der Waals surface area contributed by atoms with Crippen molar-refractivity contribution in [2.75, 3.05) is 20.2 Å². The van der Waals surface area contributed by atoms with Crippen molar-refractivity contribution < 1.29 is 14.6 Å². The van der Waals surface area contributed by atoms with E-state index >= 15 is 0 Å². The van der Waals surface area contributed by atoms with E-state index in [0.717, 1.165) is 11.3 Å². The third kappa shape index (κ3) is 4.05. The summed E-state index contributed by atoms with van der Waals surface area (Å²) in [6, 6.07) is 7.60. The predicted molar refractivity (Wildman–Crippen MR) is 64.8 cm³/mol. The van der Waals surface area contributed by atoms with E-state index in [-0.39, 0.29) is 6.54 Å². The largest absolute Gasteiger partial charge is 0.496 e. The van der Waals surface area contributed by atoms with Crippen molar-refractivity contribution in [1.29, 1.82) is 0 Å². The molecule has 5 heteroatoms. The summed E-state index contributed by atoms with van der Waals surface area (Å²) in [6.07, 6.45) is -0.486. The summed E-state index contributed by atoms with van der Waals surface area (Å²) in [5.41, 5.74) is 6.18. The number of carbonyl (C=O) groups excluding carboxylic acids is 1. The molecule has 0 bridgehead atoms. The van der Waals surface area contributed by atoms with Crippen LogP contribution < -0.4 is 15.8 Å². The lowest BCUT2D eigenvalue weighted by atomic mass is 10.1. The number of amides is 1. The Kier molecular flexibility index (Phi) is 5.45. The summed E-state index contributed by atoms with van der Waals surface area (Å²) in [4.78, 5) is 11.2. The molecule has 0 aliphatic heterocycles. The molecule has 0 fully saturated rings. The Morgan fingerprint density at radius 1 is 1.53 bits per heavy atom. The Labute approximate surface area is 101 Å². The van der Waals surface area contributed by atoms with Gasteiger partial charge in [-0.2, -0.15) is 0 Å². The van der Waals surface area contributed by atoms with E-state index in [0.29, 0.717) is 13.0 Å². The van der Waals surface area contributed by atoms with Gasteiger partial charge in [0.05, 0.1) is 7.11 Å². The highest BCUT2D eigenvalue weighted by Crippen LogP contribution is 2.17. The third-order valence-corrected chi connectivity index (χ3v) is 2.41. The van der Waals surface area contributed by atoms with Crippen LogP contribution in [0.5, 0.6) is 5.75 Å². The lowest BCUT2D eigenvalue weighted by molar-refractivity contribution is -0.128. The van der Waals surface area contributed by atoms with Crippen molar-refractivity contribution in [3.63, 3.8) is 0 Å². The zero-order valence-corrected chi connectivity index (χ0v) is 9.85. The minimum absolute atomic E-state index is 0.0690. The number of ether oxygens (including phenoxy) is 1. The fourth-order valence-electron chi connectivity index (χ4n) is 1.45. The summed E-state index contributed by atoms with van der Waals surface area (Å²) in [7, 11) is 1.61. The van der Waals surface area contributed by atoms with Crippen LogP contribution in [0.1, 0.15) is 5.56 Å². The highest BCUT2D eigenvalue weighted by molar-refractivity contribution is 5.80. The number of carbonyl (C=O) groups is 1. The summed E-state index contributed by atoms with van der Waals surface area (Å²) >= 11 is 0. The SMILES string of the molecule is COc1ccccc1CCNC(=O)C(O)CN.